The van der Waals surface area contributed by atoms with Crippen molar-refractivity contribution < 1.29 is 4.79 Å². The second-order valence-electron chi connectivity index (χ2n) is 7.30. The molecule has 2 aromatic carbocycles. The summed E-state index contributed by atoms with van der Waals surface area (Å²) < 4.78 is 3.66. The SMILES string of the molecule is Cc1nn(CCn2cc3c(Cl)cc(C(=O)NCc4cccc(Cl)c4)cc3n2)c(C)c1Cl. The number of nitrogens with zero attached hydrogens (tertiary/aromatic N) is 4. The molecule has 0 radical (unpaired) electrons. The molecule has 0 spiro atoms. The largest absolute Gasteiger partial charge is 0.348 e. The average molecular weight is 477 g/mol. The zero-order valence-electron chi connectivity index (χ0n) is 17.0. The molecular formula is C22H20Cl3N5O. The second kappa shape index (κ2) is 8.91. The fourth-order valence-electron chi connectivity index (χ4n) is 3.40. The van der Waals surface area contributed by atoms with E-state index in [1.54, 1.807) is 22.9 Å². The van der Waals surface area contributed by atoms with Crippen molar-refractivity contribution in [1.29, 1.82) is 0 Å². The summed E-state index contributed by atoms with van der Waals surface area (Å²) in [5, 5.41) is 14.5. The number of hydrogen-bond acceptors (Lipinski definition) is 3. The Kier molecular flexibility index (Phi) is 6.23. The Balaban J connectivity index is 1.49. The van der Waals surface area contributed by atoms with E-state index in [1.807, 2.05) is 42.9 Å². The van der Waals surface area contributed by atoms with Crippen molar-refractivity contribution in [3.05, 3.63) is 80.2 Å². The minimum absolute atomic E-state index is 0.226. The Morgan fingerprint density at radius 3 is 2.58 bits per heavy atom. The maximum absolute atomic E-state index is 12.6. The van der Waals surface area contributed by atoms with Gasteiger partial charge in [0.15, 0.2) is 0 Å². The molecule has 0 saturated heterocycles. The molecule has 4 rings (SSSR count). The Morgan fingerprint density at radius 1 is 1.06 bits per heavy atom. The molecule has 9 heteroatoms. The van der Waals surface area contributed by atoms with Crippen LogP contribution in [0.25, 0.3) is 10.9 Å². The highest BCUT2D eigenvalue weighted by Gasteiger charge is 2.13. The number of amides is 1. The van der Waals surface area contributed by atoms with Crippen molar-refractivity contribution in [2.24, 2.45) is 0 Å². The van der Waals surface area contributed by atoms with E-state index in [0.29, 0.717) is 45.8 Å². The quantitative estimate of drug-likeness (QED) is 0.403. The second-order valence-corrected chi connectivity index (χ2v) is 8.53. The molecule has 0 saturated carbocycles. The van der Waals surface area contributed by atoms with E-state index in [0.717, 1.165) is 22.3 Å². The molecule has 2 aromatic heterocycles. The molecule has 0 aliphatic carbocycles. The minimum Gasteiger partial charge on any atom is -0.348 e. The highest BCUT2D eigenvalue weighted by molar-refractivity contribution is 6.35. The third kappa shape index (κ3) is 4.71. The van der Waals surface area contributed by atoms with Crippen molar-refractivity contribution in [3.8, 4) is 0 Å². The molecule has 0 fully saturated rings. The van der Waals surface area contributed by atoms with Gasteiger partial charge in [-0.2, -0.15) is 10.2 Å². The van der Waals surface area contributed by atoms with Crippen LogP contribution in [0, 0.1) is 13.8 Å². The maximum atomic E-state index is 12.6. The lowest BCUT2D eigenvalue weighted by Gasteiger charge is -2.06. The molecule has 1 amide bonds. The lowest BCUT2D eigenvalue weighted by atomic mass is 10.1. The van der Waals surface area contributed by atoms with Crippen molar-refractivity contribution in [2.45, 2.75) is 33.5 Å². The molecule has 160 valence electrons. The van der Waals surface area contributed by atoms with Crippen LogP contribution < -0.4 is 5.32 Å². The van der Waals surface area contributed by atoms with Crippen molar-refractivity contribution in [1.82, 2.24) is 24.9 Å². The van der Waals surface area contributed by atoms with Gasteiger partial charge in [0.2, 0.25) is 0 Å². The van der Waals surface area contributed by atoms with Crippen molar-refractivity contribution in [2.75, 3.05) is 0 Å². The molecular weight excluding hydrogens is 457 g/mol. The summed E-state index contributed by atoms with van der Waals surface area (Å²) in [6.07, 6.45) is 1.87. The standard InChI is InChI=1S/C22H20Cl3N5O/c1-13-21(25)14(2)30(27-13)7-6-29-12-18-19(24)9-16(10-20(18)28-29)22(31)26-11-15-4-3-5-17(23)8-15/h3-5,8-10,12H,6-7,11H2,1-2H3,(H,26,31). The number of rotatable bonds is 6. The van der Waals surface area contributed by atoms with E-state index < -0.39 is 0 Å². The number of benzene rings is 2. The van der Waals surface area contributed by atoms with Gasteiger partial charge in [-0.15, -0.1) is 0 Å². The van der Waals surface area contributed by atoms with Crippen LogP contribution in [0.15, 0.2) is 42.6 Å². The molecule has 0 aliphatic heterocycles. The first-order valence-corrected chi connectivity index (χ1v) is 10.8. The number of carbonyl (C=O) groups excluding carboxylic acids is 1. The highest BCUT2D eigenvalue weighted by Crippen LogP contribution is 2.25. The normalized spacial score (nSPS) is 11.3. The summed E-state index contributed by atoms with van der Waals surface area (Å²) in [6.45, 7) is 5.41. The van der Waals surface area contributed by atoms with E-state index in [2.05, 4.69) is 15.5 Å². The van der Waals surface area contributed by atoms with Gasteiger partial charge in [0, 0.05) is 28.7 Å². The monoisotopic (exact) mass is 475 g/mol. The van der Waals surface area contributed by atoms with Crippen LogP contribution in [-0.2, 0) is 19.6 Å². The first-order chi connectivity index (χ1) is 14.8. The summed E-state index contributed by atoms with van der Waals surface area (Å²) in [6, 6.07) is 10.8. The summed E-state index contributed by atoms with van der Waals surface area (Å²) in [5.74, 6) is -0.226. The van der Waals surface area contributed by atoms with Gasteiger partial charge in [0.25, 0.3) is 5.91 Å². The molecule has 0 atom stereocenters. The summed E-state index contributed by atoms with van der Waals surface area (Å²) in [4.78, 5) is 12.6. The fourth-order valence-corrected chi connectivity index (χ4v) is 4.01. The van der Waals surface area contributed by atoms with Gasteiger partial charge in [-0.1, -0.05) is 46.9 Å². The molecule has 0 unspecified atom stereocenters. The van der Waals surface area contributed by atoms with Crippen molar-refractivity contribution in [3.63, 3.8) is 0 Å². The number of nitrogens with one attached hydrogen (secondary N) is 1. The Hall–Kier alpha value is -2.54. The van der Waals surface area contributed by atoms with Crippen LogP contribution in [0.5, 0.6) is 0 Å². The summed E-state index contributed by atoms with van der Waals surface area (Å²) >= 11 is 18.7. The topological polar surface area (TPSA) is 64.7 Å². The van der Waals surface area contributed by atoms with E-state index >= 15 is 0 Å². The maximum Gasteiger partial charge on any atom is 0.251 e. The van der Waals surface area contributed by atoms with Gasteiger partial charge in [-0.05, 0) is 43.7 Å². The minimum atomic E-state index is -0.226. The smallest absolute Gasteiger partial charge is 0.251 e. The predicted octanol–water partition coefficient (Wildman–Crippen LogP) is 5.44. The molecule has 6 nitrogen and oxygen atoms in total. The fraction of sp³-hybridized carbons (Fsp3) is 0.227. The van der Waals surface area contributed by atoms with Gasteiger partial charge in [-0.3, -0.25) is 14.2 Å². The van der Waals surface area contributed by atoms with Crippen LogP contribution in [-0.4, -0.2) is 25.5 Å². The van der Waals surface area contributed by atoms with E-state index in [1.165, 1.54) is 0 Å². The molecule has 0 aliphatic rings. The third-order valence-corrected chi connectivity index (χ3v) is 6.16. The summed E-state index contributed by atoms with van der Waals surface area (Å²) in [7, 11) is 0. The van der Waals surface area contributed by atoms with Crippen LogP contribution >= 0.6 is 34.8 Å². The first-order valence-electron chi connectivity index (χ1n) is 9.70. The van der Waals surface area contributed by atoms with Crippen LogP contribution in [0.3, 0.4) is 0 Å². The zero-order chi connectivity index (χ0) is 22.1. The van der Waals surface area contributed by atoms with Crippen LogP contribution in [0.1, 0.15) is 27.3 Å². The van der Waals surface area contributed by atoms with Crippen molar-refractivity contribution >= 4 is 51.6 Å². The Labute approximate surface area is 194 Å². The molecule has 4 aromatic rings. The van der Waals surface area contributed by atoms with E-state index in [4.69, 9.17) is 34.8 Å². The van der Waals surface area contributed by atoms with Gasteiger partial charge in [0.05, 0.1) is 40.0 Å². The lowest BCUT2D eigenvalue weighted by molar-refractivity contribution is 0.0951. The molecule has 1 N–H and O–H groups in total. The predicted molar refractivity (Wildman–Crippen MR) is 124 cm³/mol. The third-order valence-electron chi connectivity index (χ3n) is 5.06. The van der Waals surface area contributed by atoms with E-state index in [9.17, 15) is 4.79 Å². The molecule has 2 heterocycles. The van der Waals surface area contributed by atoms with Gasteiger partial charge in [-0.25, -0.2) is 0 Å². The van der Waals surface area contributed by atoms with Crippen LogP contribution in [0.4, 0.5) is 0 Å². The van der Waals surface area contributed by atoms with Gasteiger partial charge in [0.1, 0.15) is 0 Å². The number of aryl methyl sites for hydroxylation is 3. The number of fused-ring (bicyclic) bond motifs is 1. The number of hydrogen-bond donors (Lipinski definition) is 1. The summed E-state index contributed by atoms with van der Waals surface area (Å²) in [5.41, 5.74) is 3.76. The van der Waals surface area contributed by atoms with Crippen LogP contribution in [0.2, 0.25) is 15.1 Å². The van der Waals surface area contributed by atoms with Gasteiger partial charge >= 0.3 is 0 Å². The Bertz CT molecular complexity index is 1280. The number of aromatic nitrogens is 4. The number of carbonyl (C=O) groups is 1. The average Bonchev–Trinajstić information content (AvgIpc) is 3.27. The lowest BCUT2D eigenvalue weighted by Crippen LogP contribution is -2.22. The molecule has 31 heavy (non-hydrogen) atoms. The van der Waals surface area contributed by atoms with E-state index in [-0.39, 0.29) is 5.91 Å². The first kappa shape index (κ1) is 21.7. The van der Waals surface area contributed by atoms with Gasteiger partial charge < -0.3 is 5.32 Å². The number of halogens is 3. The highest BCUT2D eigenvalue weighted by atomic mass is 35.5. The Morgan fingerprint density at radius 2 is 1.87 bits per heavy atom. The molecule has 0 bridgehead atoms. The zero-order valence-corrected chi connectivity index (χ0v) is 19.3.